The molecule has 10 heteroatoms. The SMILES string of the molecule is CCOC(=O)Cn1c(C)c(C(c2cccnc2[SH+](=O)c2ccc(F)cc2)c2c(C)n(CC)c3ccc(F)cc23)c2cc(F)ccc21. The molecule has 0 N–H and O–H groups in total. The number of thiol groups is 1. The van der Waals surface area contributed by atoms with Gasteiger partial charge in [0.05, 0.1) is 6.61 Å². The smallest absolute Gasteiger partial charge is 0.325 e. The van der Waals surface area contributed by atoms with Crippen molar-refractivity contribution >= 4 is 38.6 Å². The first-order chi connectivity index (χ1) is 22.1. The molecule has 0 amide bonds. The van der Waals surface area contributed by atoms with Crippen molar-refractivity contribution in [1.82, 2.24) is 14.1 Å². The van der Waals surface area contributed by atoms with Crippen LogP contribution in [0.3, 0.4) is 0 Å². The minimum atomic E-state index is -2.31. The Bertz CT molecular complexity index is 2140. The van der Waals surface area contributed by atoms with Crippen molar-refractivity contribution in [3.63, 3.8) is 0 Å². The molecule has 3 heterocycles. The summed E-state index contributed by atoms with van der Waals surface area (Å²) in [4.78, 5) is 17.8. The third-order valence-corrected chi connectivity index (χ3v) is 10.1. The molecule has 6 rings (SSSR count). The van der Waals surface area contributed by atoms with Gasteiger partial charge in [-0.2, -0.15) is 0 Å². The third-order valence-electron chi connectivity index (χ3n) is 8.54. The summed E-state index contributed by atoms with van der Waals surface area (Å²) in [5, 5.41) is 1.47. The number of ether oxygens (including phenoxy) is 1. The molecule has 0 bridgehead atoms. The van der Waals surface area contributed by atoms with Crippen LogP contribution in [0.5, 0.6) is 0 Å². The molecule has 0 spiro atoms. The first-order valence-electron chi connectivity index (χ1n) is 15.0. The fourth-order valence-electron chi connectivity index (χ4n) is 6.59. The van der Waals surface area contributed by atoms with E-state index in [1.807, 2.05) is 26.8 Å². The molecule has 2 unspecified atom stereocenters. The van der Waals surface area contributed by atoms with E-state index in [0.29, 0.717) is 44.6 Å². The van der Waals surface area contributed by atoms with Crippen LogP contribution in [0.25, 0.3) is 21.8 Å². The molecule has 0 aliphatic heterocycles. The molecule has 3 aromatic carbocycles. The maximum absolute atomic E-state index is 15.1. The largest absolute Gasteiger partial charge is 0.465 e. The highest BCUT2D eigenvalue weighted by atomic mass is 32.2. The first-order valence-corrected chi connectivity index (χ1v) is 16.3. The molecule has 0 aliphatic carbocycles. The molecule has 0 saturated heterocycles. The molecule has 0 radical (unpaired) electrons. The standard InChI is InChI=1S/C36H32F3N3O3S/c1-5-41-21(3)33(28-18-24(38)11-15-30(28)41)35(27-8-7-17-40-36(27)46(44)26-13-9-23(37)10-14-26)34-22(4)42(20-32(43)45-6-2)31-16-12-25(39)19-29(31)34/h7-19,35H,5-6,20H2,1-4H3/p+1. The predicted octanol–water partition coefficient (Wildman–Crippen LogP) is 7.90. The zero-order chi connectivity index (χ0) is 32.7. The van der Waals surface area contributed by atoms with E-state index in [2.05, 4.69) is 9.55 Å². The molecular weight excluding hydrogens is 611 g/mol. The lowest BCUT2D eigenvalue weighted by atomic mass is 9.82. The van der Waals surface area contributed by atoms with Crippen LogP contribution in [0.4, 0.5) is 13.2 Å². The van der Waals surface area contributed by atoms with E-state index >= 15 is 4.39 Å². The van der Waals surface area contributed by atoms with Crippen molar-refractivity contribution in [1.29, 1.82) is 0 Å². The second kappa shape index (κ2) is 12.6. The lowest BCUT2D eigenvalue weighted by Gasteiger charge is -2.21. The van der Waals surface area contributed by atoms with Crippen molar-refractivity contribution in [3.05, 3.63) is 125 Å². The highest BCUT2D eigenvalue weighted by molar-refractivity contribution is 7.85. The molecular formula is C36H33F3N3O3S+. The van der Waals surface area contributed by atoms with Gasteiger partial charge in [-0.3, -0.25) is 4.79 Å². The topological polar surface area (TPSA) is 66.1 Å². The minimum absolute atomic E-state index is 0.109. The summed E-state index contributed by atoms with van der Waals surface area (Å²) in [6.07, 6.45) is 1.55. The molecule has 2 atom stereocenters. The zero-order valence-electron chi connectivity index (χ0n) is 25.9. The summed E-state index contributed by atoms with van der Waals surface area (Å²) >= 11 is 0. The highest BCUT2D eigenvalue weighted by Crippen LogP contribution is 2.46. The third kappa shape index (κ3) is 5.40. The Labute approximate surface area is 266 Å². The number of pyridine rings is 1. The van der Waals surface area contributed by atoms with Gasteiger partial charge in [-0.05, 0) is 112 Å². The molecule has 6 nitrogen and oxygen atoms in total. The average molecular weight is 645 g/mol. The Morgan fingerprint density at radius 3 is 1.98 bits per heavy atom. The van der Waals surface area contributed by atoms with E-state index in [9.17, 15) is 17.8 Å². The van der Waals surface area contributed by atoms with Crippen LogP contribution in [0.2, 0.25) is 0 Å². The number of nitrogens with zero attached hydrogens (tertiary/aromatic N) is 3. The quantitative estimate of drug-likeness (QED) is 0.0912. The summed E-state index contributed by atoms with van der Waals surface area (Å²) < 4.78 is 67.2. The second-order valence-electron chi connectivity index (χ2n) is 11.1. The van der Waals surface area contributed by atoms with Crippen LogP contribution in [-0.2, 0) is 37.6 Å². The number of rotatable bonds is 9. The van der Waals surface area contributed by atoms with E-state index in [0.717, 1.165) is 16.8 Å². The number of hydrogen-bond acceptors (Lipinski definition) is 4. The van der Waals surface area contributed by atoms with Gasteiger partial charge in [0.1, 0.15) is 24.0 Å². The van der Waals surface area contributed by atoms with Gasteiger partial charge in [-0.25, -0.2) is 18.2 Å². The van der Waals surface area contributed by atoms with Gasteiger partial charge in [0, 0.05) is 57.4 Å². The van der Waals surface area contributed by atoms with Crippen molar-refractivity contribution in [2.45, 2.75) is 56.6 Å². The van der Waals surface area contributed by atoms with Gasteiger partial charge in [0.2, 0.25) is 0 Å². The number of benzene rings is 3. The second-order valence-corrected chi connectivity index (χ2v) is 12.6. The number of esters is 1. The van der Waals surface area contributed by atoms with E-state index in [1.165, 1.54) is 48.5 Å². The maximum Gasteiger partial charge on any atom is 0.325 e. The monoisotopic (exact) mass is 644 g/mol. The Kier molecular flexibility index (Phi) is 8.57. The van der Waals surface area contributed by atoms with Crippen molar-refractivity contribution < 1.29 is 26.9 Å². The van der Waals surface area contributed by atoms with E-state index < -0.39 is 40.1 Å². The van der Waals surface area contributed by atoms with Gasteiger partial charge in [0.15, 0.2) is 15.7 Å². The molecule has 0 aliphatic rings. The van der Waals surface area contributed by atoms with Crippen LogP contribution in [0.1, 0.15) is 47.8 Å². The van der Waals surface area contributed by atoms with Gasteiger partial charge < -0.3 is 13.9 Å². The van der Waals surface area contributed by atoms with Crippen molar-refractivity contribution in [2.24, 2.45) is 0 Å². The Balaban J connectivity index is 1.73. The predicted molar refractivity (Wildman–Crippen MR) is 173 cm³/mol. The number of fused-ring (bicyclic) bond motifs is 2. The van der Waals surface area contributed by atoms with Crippen molar-refractivity contribution in [3.8, 4) is 0 Å². The highest BCUT2D eigenvalue weighted by Gasteiger charge is 2.35. The Morgan fingerprint density at radius 1 is 0.826 bits per heavy atom. The van der Waals surface area contributed by atoms with Crippen LogP contribution < -0.4 is 0 Å². The van der Waals surface area contributed by atoms with Crippen LogP contribution >= 0.6 is 0 Å². The number of aromatic nitrogens is 3. The van der Waals surface area contributed by atoms with Crippen LogP contribution in [0, 0.1) is 31.3 Å². The van der Waals surface area contributed by atoms with Gasteiger partial charge in [0.25, 0.3) is 5.03 Å². The number of carbonyl (C=O) groups is 1. The summed E-state index contributed by atoms with van der Waals surface area (Å²) in [7, 11) is -2.31. The number of halogens is 3. The maximum atomic E-state index is 15.1. The first kappa shape index (κ1) is 31.3. The minimum Gasteiger partial charge on any atom is -0.465 e. The number of hydrogen-bond donors (Lipinski definition) is 0. The summed E-state index contributed by atoms with van der Waals surface area (Å²) in [6.45, 7) is 8.23. The van der Waals surface area contributed by atoms with Crippen molar-refractivity contribution in [2.75, 3.05) is 6.61 Å². The number of aryl methyl sites for hydroxylation is 1. The Morgan fingerprint density at radius 2 is 1.39 bits per heavy atom. The van der Waals surface area contributed by atoms with E-state index in [1.54, 1.807) is 35.9 Å². The molecule has 236 valence electrons. The lowest BCUT2D eigenvalue weighted by Crippen LogP contribution is -2.16. The zero-order valence-corrected chi connectivity index (χ0v) is 26.7. The van der Waals surface area contributed by atoms with Gasteiger partial charge in [-0.1, -0.05) is 4.21 Å². The Hall–Kier alpha value is -4.70. The summed E-state index contributed by atoms with van der Waals surface area (Å²) in [6, 6.07) is 18.0. The average Bonchev–Trinajstić information content (AvgIpc) is 3.46. The van der Waals surface area contributed by atoms with E-state index in [4.69, 9.17) is 4.74 Å². The molecule has 46 heavy (non-hydrogen) atoms. The fourth-order valence-corrected chi connectivity index (χ4v) is 7.87. The van der Waals surface area contributed by atoms with Crippen LogP contribution in [0.15, 0.2) is 88.9 Å². The number of carbonyl (C=O) groups excluding carboxylic acids is 1. The normalized spacial score (nSPS) is 12.9. The lowest BCUT2D eigenvalue weighted by molar-refractivity contribution is -0.143. The van der Waals surface area contributed by atoms with E-state index in [-0.39, 0.29) is 18.2 Å². The van der Waals surface area contributed by atoms with Gasteiger partial charge >= 0.3 is 5.97 Å². The summed E-state index contributed by atoms with van der Waals surface area (Å²) in [5.74, 6) is -2.51. The molecule has 3 aromatic heterocycles. The van der Waals surface area contributed by atoms with Crippen LogP contribution in [-0.4, -0.2) is 26.7 Å². The summed E-state index contributed by atoms with van der Waals surface area (Å²) in [5.41, 5.74) is 4.92. The molecule has 6 aromatic rings. The molecule has 0 fully saturated rings. The molecule has 0 saturated carbocycles. The fraction of sp³-hybridized carbons (Fsp3) is 0.222. The van der Waals surface area contributed by atoms with Gasteiger partial charge in [-0.15, -0.1) is 0 Å².